The van der Waals surface area contributed by atoms with Gasteiger partial charge in [-0.2, -0.15) is 0 Å². The summed E-state index contributed by atoms with van der Waals surface area (Å²) < 4.78 is 12.9. The molecule has 0 bridgehead atoms. The third-order valence-corrected chi connectivity index (χ3v) is 2.31. The first kappa shape index (κ1) is 10.6. The highest BCUT2D eigenvalue weighted by molar-refractivity contribution is 5.44. The molecule has 0 spiro atoms. The molecular weight excluding hydrogens is 203 g/mol. The molecule has 1 aromatic heterocycles. The molecule has 2 aromatic rings. The fourth-order valence-corrected chi connectivity index (χ4v) is 1.51. The highest BCUT2D eigenvalue weighted by Gasteiger charge is 2.11. The molecule has 16 heavy (non-hydrogen) atoms. The average Bonchev–Trinajstić information content (AvgIpc) is 2.38. The lowest BCUT2D eigenvalue weighted by Crippen LogP contribution is -2.13. The number of nitrogens with one attached hydrogen (secondary N) is 1. The topological polar surface area (TPSA) is 24.9 Å². The van der Waals surface area contributed by atoms with Crippen molar-refractivity contribution in [2.45, 2.75) is 6.04 Å². The second-order valence-electron chi connectivity index (χ2n) is 3.47. The minimum atomic E-state index is -0.480. The standard InChI is InChI=1S/C13H13FN2/c14-10-13(12-8-4-5-9-15-12)16-11-6-2-1-3-7-11/h1-9,13,16H,10H2. The fourth-order valence-electron chi connectivity index (χ4n) is 1.51. The van der Waals surface area contributed by atoms with Crippen molar-refractivity contribution in [1.29, 1.82) is 0 Å². The highest BCUT2D eigenvalue weighted by atomic mass is 19.1. The highest BCUT2D eigenvalue weighted by Crippen LogP contribution is 2.17. The maximum Gasteiger partial charge on any atom is 0.115 e. The lowest BCUT2D eigenvalue weighted by Gasteiger charge is -2.15. The zero-order chi connectivity index (χ0) is 11.2. The lowest BCUT2D eigenvalue weighted by molar-refractivity contribution is 0.448. The maximum atomic E-state index is 12.9. The van der Waals surface area contributed by atoms with Crippen molar-refractivity contribution in [2.75, 3.05) is 12.0 Å². The van der Waals surface area contributed by atoms with Gasteiger partial charge in [0.1, 0.15) is 6.67 Å². The second-order valence-corrected chi connectivity index (χ2v) is 3.47. The van der Waals surface area contributed by atoms with Crippen LogP contribution < -0.4 is 5.32 Å². The Hall–Kier alpha value is -1.90. The SMILES string of the molecule is FCC(Nc1ccccc1)c1ccccn1. The fraction of sp³-hybridized carbons (Fsp3) is 0.154. The van der Waals surface area contributed by atoms with Gasteiger partial charge in [-0.1, -0.05) is 24.3 Å². The van der Waals surface area contributed by atoms with Crippen molar-refractivity contribution in [3.05, 3.63) is 60.4 Å². The molecule has 0 fully saturated rings. The van der Waals surface area contributed by atoms with Crippen molar-refractivity contribution in [3.8, 4) is 0 Å². The molecule has 0 saturated heterocycles. The molecule has 1 aromatic carbocycles. The van der Waals surface area contributed by atoms with Crippen LogP contribution >= 0.6 is 0 Å². The van der Waals surface area contributed by atoms with Crippen molar-refractivity contribution >= 4 is 5.69 Å². The first-order chi connectivity index (χ1) is 7.90. The number of nitrogens with zero attached hydrogens (tertiary/aromatic N) is 1. The van der Waals surface area contributed by atoms with Crippen LogP contribution in [0.4, 0.5) is 10.1 Å². The molecule has 0 saturated carbocycles. The van der Waals surface area contributed by atoms with Gasteiger partial charge in [0.05, 0.1) is 11.7 Å². The summed E-state index contributed by atoms with van der Waals surface area (Å²) in [6.07, 6.45) is 1.67. The summed E-state index contributed by atoms with van der Waals surface area (Å²) in [6, 6.07) is 14.7. The number of anilines is 1. The Labute approximate surface area is 94.2 Å². The zero-order valence-corrected chi connectivity index (χ0v) is 8.81. The van der Waals surface area contributed by atoms with Gasteiger partial charge in [0.25, 0.3) is 0 Å². The van der Waals surface area contributed by atoms with E-state index in [1.165, 1.54) is 0 Å². The number of halogens is 1. The Morgan fingerprint density at radius 2 is 1.81 bits per heavy atom. The Bertz CT molecular complexity index is 416. The zero-order valence-electron chi connectivity index (χ0n) is 8.81. The minimum Gasteiger partial charge on any atom is -0.374 e. The largest absolute Gasteiger partial charge is 0.374 e. The number of alkyl halides is 1. The Kier molecular flexibility index (Phi) is 3.49. The normalized spacial score (nSPS) is 12.1. The van der Waals surface area contributed by atoms with Crippen molar-refractivity contribution in [1.82, 2.24) is 4.98 Å². The van der Waals surface area contributed by atoms with Gasteiger partial charge < -0.3 is 5.32 Å². The van der Waals surface area contributed by atoms with Gasteiger partial charge >= 0.3 is 0 Å². The van der Waals surface area contributed by atoms with Crippen LogP contribution in [0, 0.1) is 0 Å². The van der Waals surface area contributed by atoms with Gasteiger partial charge in [0.2, 0.25) is 0 Å². The average molecular weight is 216 g/mol. The monoisotopic (exact) mass is 216 g/mol. The summed E-state index contributed by atoms with van der Waals surface area (Å²) in [5, 5.41) is 3.11. The number of para-hydroxylation sites is 1. The minimum absolute atomic E-state index is 0.386. The number of rotatable bonds is 4. The van der Waals surface area contributed by atoms with Crippen LogP contribution in [0.25, 0.3) is 0 Å². The van der Waals surface area contributed by atoms with E-state index in [1.54, 1.807) is 6.20 Å². The van der Waals surface area contributed by atoms with Crippen LogP contribution in [0.5, 0.6) is 0 Å². The quantitative estimate of drug-likeness (QED) is 0.848. The summed E-state index contributed by atoms with van der Waals surface area (Å²) in [5.74, 6) is 0. The predicted molar refractivity (Wildman–Crippen MR) is 63.0 cm³/mol. The van der Waals surface area contributed by atoms with E-state index in [9.17, 15) is 4.39 Å². The molecule has 0 amide bonds. The van der Waals surface area contributed by atoms with E-state index in [4.69, 9.17) is 0 Å². The van der Waals surface area contributed by atoms with Crippen LogP contribution in [0.1, 0.15) is 11.7 Å². The number of pyridine rings is 1. The number of hydrogen-bond acceptors (Lipinski definition) is 2. The molecule has 0 radical (unpaired) electrons. The van der Waals surface area contributed by atoms with Crippen LogP contribution in [-0.4, -0.2) is 11.7 Å². The molecule has 2 nitrogen and oxygen atoms in total. The molecule has 0 aliphatic carbocycles. The first-order valence-corrected chi connectivity index (χ1v) is 5.18. The van der Waals surface area contributed by atoms with Crippen LogP contribution in [0.2, 0.25) is 0 Å². The smallest absolute Gasteiger partial charge is 0.115 e. The van der Waals surface area contributed by atoms with E-state index in [0.29, 0.717) is 5.69 Å². The van der Waals surface area contributed by atoms with Gasteiger partial charge in [-0.15, -0.1) is 0 Å². The van der Waals surface area contributed by atoms with Gasteiger partial charge in [-0.25, -0.2) is 4.39 Å². The van der Waals surface area contributed by atoms with E-state index in [1.807, 2.05) is 48.5 Å². The Balaban J connectivity index is 2.13. The molecule has 1 atom stereocenters. The van der Waals surface area contributed by atoms with Crippen LogP contribution in [-0.2, 0) is 0 Å². The summed E-state index contributed by atoms with van der Waals surface area (Å²) in [7, 11) is 0. The van der Waals surface area contributed by atoms with Crippen molar-refractivity contribution < 1.29 is 4.39 Å². The second kappa shape index (κ2) is 5.26. The van der Waals surface area contributed by atoms with E-state index < -0.39 is 6.67 Å². The van der Waals surface area contributed by atoms with E-state index >= 15 is 0 Å². The van der Waals surface area contributed by atoms with Gasteiger partial charge in [-0.05, 0) is 24.3 Å². The Morgan fingerprint density at radius 1 is 1.06 bits per heavy atom. The molecule has 1 heterocycles. The van der Waals surface area contributed by atoms with Gasteiger partial charge in [-0.3, -0.25) is 4.98 Å². The van der Waals surface area contributed by atoms with E-state index in [-0.39, 0.29) is 6.04 Å². The summed E-state index contributed by atoms with van der Waals surface area (Å²) in [6.45, 7) is -0.480. The van der Waals surface area contributed by atoms with E-state index in [2.05, 4.69) is 10.3 Å². The maximum absolute atomic E-state index is 12.9. The Morgan fingerprint density at radius 3 is 2.44 bits per heavy atom. The van der Waals surface area contributed by atoms with E-state index in [0.717, 1.165) is 5.69 Å². The molecule has 3 heteroatoms. The van der Waals surface area contributed by atoms with Crippen molar-refractivity contribution in [2.24, 2.45) is 0 Å². The number of hydrogen-bond donors (Lipinski definition) is 1. The molecular formula is C13H13FN2. The summed E-state index contributed by atoms with van der Waals surface area (Å²) in [5.41, 5.74) is 1.62. The molecule has 0 aliphatic rings. The molecule has 1 unspecified atom stereocenters. The molecule has 1 N–H and O–H groups in total. The lowest BCUT2D eigenvalue weighted by atomic mass is 10.2. The first-order valence-electron chi connectivity index (χ1n) is 5.18. The predicted octanol–water partition coefficient (Wildman–Crippen LogP) is 3.20. The number of benzene rings is 1. The molecule has 2 rings (SSSR count). The summed E-state index contributed by atoms with van der Waals surface area (Å²) in [4.78, 5) is 4.14. The van der Waals surface area contributed by atoms with Crippen molar-refractivity contribution in [3.63, 3.8) is 0 Å². The van der Waals surface area contributed by atoms with Crippen LogP contribution in [0.15, 0.2) is 54.7 Å². The molecule has 0 aliphatic heterocycles. The molecule has 82 valence electrons. The van der Waals surface area contributed by atoms with Gasteiger partial charge in [0.15, 0.2) is 0 Å². The summed E-state index contributed by atoms with van der Waals surface area (Å²) >= 11 is 0. The third kappa shape index (κ3) is 2.57. The number of aromatic nitrogens is 1. The van der Waals surface area contributed by atoms with Gasteiger partial charge in [0, 0.05) is 11.9 Å². The van der Waals surface area contributed by atoms with Crippen LogP contribution in [0.3, 0.4) is 0 Å². The third-order valence-electron chi connectivity index (χ3n) is 2.31.